The first-order valence-corrected chi connectivity index (χ1v) is 5.08. The molecule has 0 bridgehead atoms. The molecule has 1 fully saturated rings. The van der Waals surface area contributed by atoms with E-state index in [0.29, 0.717) is 5.03 Å². The lowest BCUT2D eigenvalue weighted by molar-refractivity contribution is 0.472. The van der Waals surface area contributed by atoms with Crippen LogP contribution in [0.25, 0.3) is 0 Å². The van der Waals surface area contributed by atoms with Crippen molar-refractivity contribution in [2.75, 3.05) is 0 Å². The molecule has 0 spiro atoms. The van der Waals surface area contributed by atoms with Crippen molar-refractivity contribution >= 4 is 11.6 Å². The molecule has 0 atom stereocenters. The number of hydrogen-bond donors (Lipinski definition) is 1. The van der Waals surface area contributed by atoms with Gasteiger partial charge in [-0.25, -0.2) is 0 Å². The first-order chi connectivity index (χ1) is 6.63. The molecule has 0 aliphatic heterocycles. The molecule has 0 unspecified atom stereocenters. The summed E-state index contributed by atoms with van der Waals surface area (Å²) in [5, 5.41) is 8.97. The van der Waals surface area contributed by atoms with Gasteiger partial charge < -0.3 is 5.11 Å². The number of aliphatic hydroxyl groups excluding tert-OH is 1. The molecule has 1 aliphatic carbocycles. The summed E-state index contributed by atoms with van der Waals surface area (Å²) in [6.45, 7) is 5.96. The van der Waals surface area contributed by atoms with Gasteiger partial charge in [0.05, 0.1) is 11.3 Å². The fourth-order valence-corrected chi connectivity index (χ4v) is 1.75. The molecule has 0 amide bonds. The summed E-state index contributed by atoms with van der Waals surface area (Å²) in [7, 11) is 0. The minimum Gasteiger partial charge on any atom is -0.514 e. The average Bonchev–Trinajstić information content (AvgIpc) is 2.51. The Morgan fingerprint density at radius 1 is 1.50 bits per heavy atom. The lowest BCUT2D eigenvalue weighted by atomic mass is 10.1. The summed E-state index contributed by atoms with van der Waals surface area (Å²) in [5.41, 5.74) is 3.57. The number of halogens is 1. The Morgan fingerprint density at radius 3 is 2.71 bits per heavy atom. The molecular formula is C12H15ClO. The van der Waals surface area contributed by atoms with E-state index in [4.69, 9.17) is 16.7 Å². The van der Waals surface area contributed by atoms with Gasteiger partial charge in [0.1, 0.15) is 0 Å². The van der Waals surface area contributed by atoms with Crippen LogP contribution in [0.2, 0.25) is 0 Å². The van der Waals surface area contributed by atoms with Crippen LogP contribution in [0, 0.1) is 0 Å². The van der Waals surface area contributed by atoms with E-state index in [2.05, 4.69) is 12.7 Å². The van der Waals surface area contributed by atoms with Gasteiger partial charge in [0, 0.05) is 0 Å². The summed E-state index contributed by atoms with van der Waals surface area (Å²) in [6.07, 6.45) is 8.11. The molecule has 0 radical (unpaired) electrons. The highest BCUT2D eigenvalue weighted by Crippen LogP contribution is 2.29. The SMILES string of the molecule is C=C1CCC/C1=C/C(C)=C/C(Cl)=C\O. The van der Waals surface area contributed by atoms with Gasteiger partial charge in [-0.15, -0.1) is 0 Å². The van der Waals surface area contributed by atoms with Gasteiger partial charge in [0.15, 0.2) is 0 Å². The second-order valence-corrected chi connectivity index (χ2v) is 3.97. The van der Waals surface area contributed by atoms with Crippen molar-refractivity contribution in [1.82, 2.24) is 0 Å². The molecule has 14 heavy (non-hydrogen) atoms. The Labute approximate surface area is 90.1 Å². The highest BCUT2D eigenvalue weighted by Gasteiger charge is 2.10. The van der Waals surface area contributed by atoms with E-state index in [-0.39, 0.29) is 0 Å². The fourth-order valence-electron chi connectivity index (χ4n) is 1.58. The van der Waals surface area contributed by atoms with Crippen molar-refractivity contribution in [2.24, 2.45) is 0 Å². The van der Waals surface area contributed by atoms with Crippen molar-refractivity contribution < 1.29 is 5.11 Å². The predicted molar refractivity (Wildman–Crippen MR) is 61.4 cm³/mol. The van der Waals surface area contributed by atoms with Crippen molar-refractivity contribution in [3.63, 3.8) is 0 Å². The molecule has 76 valence electrons. The summed E-state index contributed by atoms with van der Waals surface area (Å²) in [5.74, 6) is 0. The third-order valence-electron chi connectivity index (χ3n) is 2.27. The molecule has 1 rings (SSSR count). The highest BCUT2D eigenvalue weighted by atomic mass is 35.5. The normalized spacial score (nSPS) is 22.1. The second kappa shape index (κ2) is 5.06. The molecule has 0 heterocycles. The monoisotopic (exact) mass is 210 g/mol. The van der Waals surface area contributed by atoms with Gasteiger partial charge in [-0.1, -0.05) is 29.8 Å². The Morgan fingerprint density at radius 2 is 2.21 bits per heavy atom. The van der Waals surface area contributed by atoms with Crippen LogP contribution in [0.4, 0.5) is 0 Å². The number of aliphatic hydroxyl groups is 1. The average molecular weight is 211 g/mol. The zero-order valence-corrected chi connectivity index (χ0v) is 9.14. The molecule has 1 N–H and O–H groups in total. The maximum atomic E-state index is 8.62. The van der Waals surface area contributed by atoms with Crippen molar-refractivity contribution in [2.45, 2.75) is 26.2 Å². The van der Waals surface area contributed by atoms with Crippen LogP contribution < -0.4 is 0 Å². The lowest BCUT2D eigenvalue weighted by Gasteiger charge is -1.98. The summed E-state index contributed by atoms with van der Waals surface area (Å²) >= 11 is 5.67. The number of hydrogen-bond acceptors (Lipinski definition) is 1. The Balaban J connectivity index is 2.76. The highest BCUT2D eigenvalue weighted by molar-refractivity contribution is 6.31. The topological polar surface area (TPSA) is 20.2 Å². The van der Waals surface area contributed by atoms with E-state index in [9.17, 15) is 0 Å². The molecule has 1 nitrogen and oxygen atoms in total. The number of allylic oxidation sites excluding steroid dienone is 6. The quantitative estimate of drug-likeness (QED) is 0.534. The maximum absolute atomic E-state index is 8.62. The van der Waals surface area contributed by atoms with Gasteiger partial charge in [-0.3, -0.25) is 0 Å². The van der Waals surface area contributed by atoms with Gasteiger partial charge >= 0.3 is 0 Å². The Kier molecular flexibility index (Phi) is 4.02. The van der Waals surface area contributed by atoms with Crippen LogP contribution in [0.15, 0.2) is 46.7 Å². The zero-order chi connectivity index (χ0) is 10.6. The standard InChI is InChI=1S/C12H15ClO/c1-9(7-12(13)8-14)6-11-5-3-4-10(11)2/h6-8,14H,2-5H2,1H3/b9-7+,11-6-,12-8+. The molecular weight excluding hydrogens is 196 g/mol. The molecule has 0 aromatic heterocycles. The van der Waals surface area contributed by atoms with E-state index in [1.165, 1.54) is 17.6 Å². The smallest absolute Gasteiger partial charge is 0.0978 e. The Bertz CT molecular complexity index is 321. The van der Waals surface area contributed by atoms with Crippen molar-refractivity contribution in [3.05, 3.63) is 46.7 Å². The molecule has 0 saturated heterocycles. The van der Waals surface area contributed by atoms with Gasteiger partial charge in [0.25, 0.3) is 0 Å². The molecule has 0 aromatic carbocycles. The largest absolute Gasteiger partial charge is 0.514 e. The molecule has 0 aromatic rings. The van der Waals surface area contributed by atoms with Gasteiger partial charge in [-0.2, -0.15) is 0 Å². The predicted octanol–water partition coefficient (Wildman–Crippen LogP) is 4.24. The second-order valence-electron chi connectivity index (χ2n) is 3.53. The fraction of sp³-hybridized carbons (Fsp3) is 0.333. The summed E-state index contributed by atoms with van der Waals surface area (Å²) in [4.78, 5) is 0. The maximum Gasteiger partial charge on any atom is 0.0978 e. The van der Waals surface area contributed by atoms with E-state index in [0.717, 1.165) is 24.7 Å². The third-order valence-corrected chi connectivity index (χ3v) is 2.48. The van der Waals surface area contributed by atoms with Crippen LogP contribution in [0.1, 0.15) is 26.2 Å². The third kappa shape index (κ3) is 3.08. The molecule has 2 heteroatoms. The van der Waals surface area contributed by atoms with Crippen molar-refractivity contribution in [1.29, 1.82) is 0 Å². The minimum atomic E-state index is 0.350. The lowest BCUT2D eigenvalue weighted by Crippen LogP contribution is -1.79. The van der Waals surface area contributed by atoms with E-state index in [1.807, 2.05) is 6.92 Å². The van der Waals surface area contributed by atoms with E-state index >= 15 is 0 Å². The van der Waals surface area contributed by atoms with Crippen LogP contribution in [0.5, 0.6) is 0 Å². The first kappa shape index (κ1) is 11.1. The van der Waals surface area contributed by atoms with Gasteiger partial charge in [-0.05, 0) is 43.4 Å². The molecule has 1 saturated carbocycles. The van der Waals surface area contributed by atoms with Crippen LogP contribution in [0.3, 0.4) is 0 Å². The van der Waals surface area contributed by atoms with Gasteiger partial charge in [0.2, 0.25) is 0 Å². The number of rotatable bonds is 2. The van der Waals surface area contributed by atoms with E-state index in [1.54, 1.807) is 6.08 Å². The summed E-state index contributed by atoms with van der Waals surface area (Å²) in [6, 6.07) is 0. The minimum absolute atomic E-state index is 0.350. The van der Waals surface area contributed by atoms with Crippen LogP contribution in [-0.2, 0) is 0 Å². The van der Waals surface area contributed by atoms with Crippen molar-refractivity contribution in [3.8, 4) is 0 Å². The first-order valence-electron chi connectivity index (χ1n) is 4.70. The zero-order valence-electron chi connectivity index (χ0n) is 8.39. The van der Waals surface area contributed by atoms with Crippen LogP contribution >= 0.6 is 11.6 Å². The Hall–Kier alpha value is -0.950. The van der Waals surface area contributed by atoms with Crippen LogP contribution in [-0.4, -0.2) is 5.11 Å². The van der Waals surface area contributed by atoms with E-state index < -0.39 is 0 Å². The molecule has 1 aliphatic rings. The summed E-state index contributed by atoms with van der Waals surface area (Å²) < 4.78 is 0.